The summed E-state index contributed by atoms with van der Waals surface area (Å²) >= 11 is 0. The number of nitrogens with one attached hydrogen (secondary N) is 1. The zero-order chi connectivity index (χ0) is 12.5. The second kappa shape index (κ2) is 5.45. The highest BCUT2D eigenvalue weighted by Crippen LogP contribution is 2.35. The maximum absolute atomic E-state index is 5.93. The Morgan fingerprint density at radius 3 is 2.56 bits per heavy atom. The van der Waals surface area contributed by atoms with Gasteiger partial charge in [-0.3, -0.25) is 4.90 Å². The molecule has 4 heteroatoms. The second-order valence-corrected chi connectivity index (χ2v) is 6.29. The van der Waals surface area contributed by atoms with Crippen LogP contribution in [0.2, 0.25) is 0 Å². The number of fused-ring (bicyclic) bond motifs is 2. The van der Waals surface area contributed by atoms with E-state index in [1.54, 1.807) is 0 Å². The highest BCUT2D eigenvalue weighted by Gasteiger charge is 2.41. The standard InChI is InChI=1S/C14H27N3O/c1-15-11-7-12-3-4-13(8-11)17(12)10-14-9-16(2)5-6-18-14/h11-15H,3-10H2,1-2H3. The fraction of sp³-hybridized carbons (Fsp3) is 1.00. The molecule has 0 saturated carbocycles. The second-order valence-electron chi connectivity index (χ2n) is 6.29. The Hall–Kier alpha value is -0.160. The minimum atomic E-state index is 0.429. The van der Waals surface area contributed by atoms with Crippen molar-refractivity contribution in [3.05, 3.63) is 0 Å². The van der Waals surface area contributed by atoms with Gasteiger partial charge in [0.25, 0.3) is 0 Å². The van der Waals surface area contributed by atoms with Crippen molar-refractivity contribution in [1.29, 1.82) is 0 Å². The number of rotatable bonds is 3. The van der Waals surface area contributed by atoms with E-state index in [0.717, 1.165) is 44.4 Å². The van der Waals surface area contributed by atoms with Crippen LogP contribution in [0.3, 0.4) is 0 Å². The van der Waals surface area contributed by atoms with Crippen molar-refractivity contribution in [3.63, 3.8) is 0 Å². The molecule has 0 aromatic carbocycles. The first kappa shape index (κ1) is 12.9. The van der Waals surface area contributed by atoms with Gasteiger partial charge in [-0.1, -0.05) is 0 Å². The Labute approximate surface area is 111 Å². The first-order chi connectivity index (χ1) is 8.76. The lowest BCUT2D eigenvalue weighted by atomic mass is 9.97. The maximum atomic E-state index is 5.93. The third kappa shape index (κ3) is 2.57. The molecule has 3 aliphatic heterocycles. The van der Waals surface area contributed by atoms with Gasteiger partial charge in [-0.05, 0) is 39.8 Å². The topological polar surface area (TPSA) is 27.7 Å². The van der Waals surface area contributed by atoms with Crippen LogP contribution in [0.25, 0.3) is 0 Å². The minimum absolute atomic E-state index is 0.429. The highest BCUT2D eigenvalue weighted by molar-refractivity contribution is 4.98. The minimum Gasteiger partial charge on any atom is -0.374 e. The molecular weight excluding hydrogens is 226 g/mol. The molecular formula is C14H27N3O. The third-order valence-electron chi connectivity index (χ3n) is 5.05. The number of morpholine rings is 1. The summed E-state index contributed by atoms with van der Waals surface area (Å²) in [5.74, 6) is 0. The van der Waals surface area contributed by atoms with Crippen LogP contribution in [0.5, 0.6) is 0 Å². The van der Waals surface area contributed by atoms with E-state index < -0.39 is 0 Å². The smallest absolute Gasteiger partial charge is 0.0829 e. The Bertz CT molecular complexity index is 272. The predicted octanol–water partition coefficient (Wildman–Crippen LogP) is 0.532. The molecule has 3 rings (SSSR count). The molecule has 0 radical (unpaired) electrons. The molecule has 18 heavy (non-hydrogen) atoms. The molecule has 1 N–H and O–H groups in total. The van der Waals surface area contributed by atoms with Crippen LogP contribution in [-0.2, 0) is 4.74 Å². The van der Waals surface area contributed by atoms with Crippen molar-refractivity contribution in [1.82, 2.24) is 15.1 Å². The Balaban J connectivity index is 1.57. The van der Waals surface area contributed by atoms with Gasteiger partial charge >= 0.3 is 0 Å². The maximum Gasteiger partial charge on any atom is 0.0829 e. The fourth-order valence-electron chi connectivity index (χ4n) is 4.02. The number of likely N-dealkylation sites (N-methyl/N-ethyl adjacent to an activating group) is 1. The van der Waals surface area contributed by atoms with Gasteiger partial charge in [-0.25, -0.2) is 0 Å². The molecule has 0 aromatic rings. The summed E-state index contributed by atoms with van der Waals surface area (Å²) in [7, 11) is 4.32. The summed E-state index contributed by atoms with van der Waals surface area (Å²) in [6, 6.07) is 2.35. The van der Waals surface area contributed by atoms with E-state index in [1.807, 2.05) is 0 Å². The Kier molecular flexibility index (Phi) is 3.89. The average Bonchev–Trinajstić information content (AvgIpc) is 2.62. The van der Waals surface area contributed by atoms with E-state index in [9.17, 15) is 0 Å². The van der Waals surface area contributed by atoms with E-state index in [2.05, 4.69) is 29.2 Å². The molecule has 3 unspecified atom stereocenters. The van der Waals surface area contributed by atoms with Crippen molar-refractivity contribution >= 4 is 0 Å². The summed E-state index contributed by atoms with van der Waals surface area (Å²) in [5.41, 5.74) is 0. The van der Waals surface area contributed by atoms with Crippen LogP contribution in [-0.4, -0.2) is 74.4 Å². The van der Waals surface area contributed by atoms with Crippen molar-refractivity contribution in [2.45, 2.75) is 49.9 Å². The normalized spacial score (nSPS) is 42.3. The van der Waals surface area contributed by atoms with Gasteiger partial charge in [-0.2, -0.15) is 0 Å². The van der Waals surface area contributed by atoms with Crippen LogP contribution in [0.1, 0.15) is 25.7 Å². The van der Waals surface area contributed by atoms with E-state index >= 15 is 0 Å². The zero-order valence-electron chi connectivity index (χ0n) is 11.8. The van der Waals surface area contributed by atoms with Gasteiger partial charge in [-0.15, -0.1) is 0 Å². The van der Waals surface area contributed by atoms with E-state index in [4.69, 9.17) is 4.74 Å². The number of nitrogens with zero attached hydrogens (tertiary/aromatic N) is 2. The van der Waals surface area contributed by atoms with Gasteiger partial charge in [0, 0.05) is 37.8 Å². The van der Waals surface area contributed by atoms with Crippen molar-refractivity contribution in [2.24, 2.45) is 0 Å². The van der Waals surface area contributed by atoms with Crippen molar-refractivity contribution < 1.29 is 4.74 Å². The SMILES string of the molecule is CNC1CC2CCC(C1)N2CC1CN(C)CCO1. The Morgan fingerprint density at radius 2 is 1.94 bits per heavy atom. The quantitative estimate of drug-likeness (QED) is 0.794. The lowest BCUT2D eigenvalue weighted by molar-refractivity contribution is -0.0485. The third-order valence-corrected chi connectivity index (χ3v) is 5.05. The van der Waals surface area contributed by atoms with Gasteiger partial charge in [0.2, 0.25) is 0 Å². The summed E-state index contributed by atoms with van der Waals surface area (Å²) in [5, 5.41) is 3.47. The number of hydrogen-bond acceptors (Lipinski definition) is 4. The molecule has 3 aliphatic rings. The zero-order valence-corrected chi connectivity index (χ0v) is 11.8. The van der Waals surface area contributed by atoms with Crippen LogP contribution < -0.4 is 5.32 Å². The van der Waals surface area contributed by atoms with Crippen molar-refractivity contribution in [3.8, 4) is 0 Å². The van der Waals surface area contributed by atoms with E-state index in [1.165, 1.54) is 25.7 Å². The monoisotopic (exact) mass is 253 g/mol. The average molecular weight is 253 g/mol. The fourth-order valence-corrected chi connectivity index (χ4v) is 4.02. The van der Waals surface area contributed by atoms with Crippen LogP contribution >= 0.6 is 0 Å². The van der Waals surface area contributed by atoms with Crippen LogP contribution in [0.4, 0.5) is 0 Å². The number of hydrogen-bond donors (Lipinski definition) is 1. The molecule has 3 heterocycles. The predicted molar refractivity (Wildman–Crippen MR) is 72.8 cm³/mol. The molecule has 3 saturated heterocycles. The molecule has 0 spiro atoms. The van der Waals surface area contributed by atoms with E-state index in [-0.39, 0.29) is 0 Å². The highest BCUT2D eigenvalue weighted by atomic mass is 16.5. The molecule has 104 valence electrons. The largest absolute Gasteiger partial charge is 0.374 e. The number of ether oxygens (including phenoxy) is 1. The summed E-state index contributed by atoms with van der Waals surface area (Å²) in [4.78, 5) is 5.15. The molecule has 2 bridgehead atoms. The molecule has 0 aromatic heterocycles. The summed E-state index contributed by atoms with van der Waals surface area (Å²) in [6.45, 7) is 4.25. The van der Waals surface area contributed by atoms with Gasteiger partial charge in [0.05, 0.1) is 12.7 Å². The first-order valence-electron chi connectivity index (χ1n) is 7.49. The Morgan fingerprint density at radius 1 is 1.22 bits per heavy atom. The van der Waals surface area contributed by atoms with Gasteiger partial charge in [0.15, 0.2) is 0 Å². The molecule has 0 aliphatic carbocycles. The number of piperidine rings is 1. The summed E-state index contributed by atoms with van der Waals surface area (Å²) in [6.07, 6.45) is 5.88. The van der Waals surface area contributed by atoms with Gasteiger partial charge < -0.3 is 15.0 Å². The van der Waals surface area contributed by atoms with Crippen molar-refractivity contribution in [2.75, 3.05) is 40.3 Å². The molecule has 3 atom stereocenters. The first-order valence-corrected chi connectivity index (χ1v) is 7.49. The van der Waals surface area contributed by atoms with E-state index in [0.29, 0.717) is 6.10 Å². The molecule has 0 amide bonds. The summed E-state index contributed by atoms with van der Waals surface area (Å²) < 4.78 is 5.93. The lowest BCUT2D eigenvalue weighted by Gasteiger charge is -2.42. The van der Waals surface area contributed by atoms with Gasteiger partial charge in [0.1, 0.15) is 0 Å². The lowest BCUT2D eigenvalue weighted by Crippen LogP contribution is -2.53. The molecule has 3 fully saturated rings. The van der Waals surface area contributed by atoms with Crippen LogP contribution in [0.15, 0.2) is 0 Å². The van der Waals surface area contributed by atoms with Crippen LogP contribution in [0, 0.1) is 0 Å². The molecule has 4 nitrogen and oxygen atoms in total.